The second kappa shape index (κ2) is 10.3. The Kier molecular flexibility index (Phi) is 7.76. The molecule has 0 spiro atoms. The fraction of sp³-hybridized carbons (Fsp3) is 0.318. The Morgan fingerprint density at radius 2 is 1.64 bits per heavy atom. The zero-order valence-electron chi connectivity index (χ0n) is 18.7. The molecule has 3 aromatic rings. The van der Waals surface area contributed by atoms with Gasteiger partial charge in [0.05, 0.1) is 11.5 Å². The number of halogens is 6. The van der Waals surface area contributed by atoms with Gasteiger partial charge in [0.15, 0.2) is 17.4 Å². The van der Waals surface area contributed by atoms with Crippen LogP contribution in [0.5, 0.6) is 0 Å². The number of sulfone groups is 1. The number of amides is 2. The molecule has 4 N–H and O–H groups in total. The third-order valence-electron chi connectivity index (χ3n) is 5.20. The molecule has 1 atom stereocenters. The fourth-order valence-corrected chi connectivity index (χ4v) is 5.05. The molecule has 36 heavy (non-hydrogen) atoms. The minimum Gasteiger partial charge on any atom is -0.455 e. The molecule has 0 radical (unpaired) electrons. The van der Waals surface area contributed by atoms with Crippen LogP contribution < -0.4 is 16.4 Å². The van der Waals surface area contributed by atoms with E-state index in [0.29, 0.717) is 17.6 Å². The number of anilines is 2. The molecule has 4 rings (SSSR count). The monoisotopic (exact) mass is 537 g/mol. The predicted octanol–water partition coefficient (Wildman–Crippen LogP) is 5.36. The Morgan fingerprint density at radius 1 is 1.03 bits per heavy atom. The van der Waals surface area contributed by atoms with E-state index in [0.717, 1.165) is 37.1 Å². The van der Waals surface area contributed by atoms with E-state index in [9.17, 15) is 39.6 Å². The Hall–Kier alpha value is -3.42. The van der Waals surface area contributed by atoms with Crippen LogP contribution in [0.3, 0.4) is 0 Å². The minimum absolute atomic E-state index is 0.0571. The van der Waals surface area contributed by atoms with E-state index >= 15 is 0 Å². The number of rotatable bonds is 3. The van der Waals surface area contributed by atoms with Crippen LogP contribution in [0, 0.1) is 24.4 Å². The topological polar surface area (TPSA) is 114 Å². The van der Waals surface area contributed by atoms with Crippen molar-refractivity contribution in [2.45, 2.75) is 32.0 Å². The number of alkyl halides is 3. The average Bonchev–Trinajstić information content (AvgIpc) is 3.28. The molecule has 0 aliphatic carbocycles. The number of fused-ring (bicyclic) bond motifs is 1. The van der Waals surface area contributed by atoms with Gasteiger partial charge < -0.3 is 20.8 Å². The van der Waals surface area contributed by atoms with Gasteiger partial charge in [-0.05, 0) is 44.0 Å². The number of nitrogen functional groups attached to an aromatic ring is 1. The number of benzene rings is 2. The first kappa shape index (κ1) is 27.2. The third-order valence-corrected chi connectivity index (χ3v) is 7.02. The van der Waals surface area contributed by atoms with E-state index in [2.05, 4.69) is 0 Å². The van der Waals surface area contributed by atoms with Crippen molar-refractivity contribution in [2.24, 2.45) is 0 Å². The van der Waals surface area contributed by atoms with E-state index in [1.54, 1.807) is 5.32 Å². The number of furan rings is 1. The molecule has 2 heterocycles. The normalized spacial score (nSPS) is 15.8. The number of urea groups is 1. The van der Waals surface area contributed by atoms with E-state index < -0.39 is 56.9 Å². The average molecular weight is 537 g/mol. The molecule has 1 unspecified atom stereocenters. The summed E-state index contributed by atoms with van der Waals surface area (Å²) in [4.78, 5) is 12.1. The van der Waals surface area contributed by atoms with Crippen LogP contribution in [0.2, 0.25) is 0 Å². The maximum absolute atomic E-state index is 13.9. The molecule has 1 aliphatic rings. The second-order valence-corrected chi connectivity index (χ2v) is 10.4. The minimum atomic E-state index is -5.04. The number of nitrogens with two attached hydrogens (primary N) is 1. The van der Waals surface area contributed by atoms with Crippen LogP contribution in [0.4, 0.5) is 42.5 Å². The van der Waals surface area contributed by atoms with Crippen LogP contribution in [0.15, 0.2) is 34.7 Å². The van der Waals surface area contributed by atoms with E-state index in [4.69, 9.17) is 10.2 Å². The number of hydrogen-bond acceptors (Lipinski definition) is 5. The van der Waals surface area contributed by atoms with Gasteiger partial charge in [0.25, 0.3) is 0 Å². The Labute approximate surface area is 201 Å². The lowest BCUT2D eigenvalue weighted by molar-refractivity contribution is -0.158. The van der Waals surface area contributed by atoms with Gasteiger partial charge in [-0.1, -0.05) is 0 Å². The largest absolute Gasteiger partial charge is 0.455 e. The van der Waals surface area contributed by atoms with E-state index in [1.807, 2.05) is 5.32 Å². The van der Waals surface area contributed by atoms with Gasteiger partial charge in [0.1, 0.15) is 27.2 Å². The van der Waals surface area contributed by atoms with Crippen molar-refractivity contribution in [1.82, 2.24) is 5.32 Å². The lowest BCUT2D eigenvalue weighted by atomic mass is 10.1. The summed E-state index contributed by atoms with van der Waals surface area (Å²) in [7, 11) is -2.55. The Balaban J connectivity index is 0.000000444. The van der Waals surface area contributed by atoms with Crippen LogP contribution >= 0.6 is 0 Å². The molecule has 1 fully saturated rings. The summed E-state index contributed by atoms with van der Waals surface area (Å²) in [5, 5.41) is 3.47. The van der Waals surface area contributed by atoms with Crippen molar-refractivity contribution in [3.63, 3.8) is 0 Å². The molecule has 7 nitrogen and oxygen atoms in total. The molecule has 1 aliphatic heterocycles. The highest BCUT2D eigenvalue weighted by Crippen LogP contribution is 2.39. The molecule has 2 aromatic carbocycles. The molecule has 0 bridgehead atoms. The van der Waals surface area contributed by atoms with Crippen molar-refractivity contribution in [3.05, 3.63) is 59.1 Å². The maximum atomic E-state index is 13.9. The van der Waals surface area contributed by atoms with Gasteiger partial charge in [-0.3, -0.25) is 0 Å². The van der Waals surface area contributed by atoms with Gasteiger partial charge in [-0.15, -0.1) is 0 Å². The summed E-state index contributed by atoms with van der Waals surface area (Å²) in [6, 6.07) is 0.203. The SMILES string of the molecule is Cc1c(C(NC(=O)Nc2cc(N)cc(F)c2)C(F)(F)F)oc2c(F)cc(F)cc12.O=S1(=O)CCCC1. The lowest BCUT2D eigenvalue weighted by Crippen LogP contribution is -2.40. The molecule has 1 aromatic heterocycles. The summed E-state index contributed by atoms with van der Waals surface area (Å²) in [5.74, 6) is -2.96. The maximum Gasteiger partial charge on any atom is 0.416 e. The highest BCUT2D eigenvalue weighted by atomic mass is 32.2. The second-order valence-electron chi connectivity index (χ2n) is 8.06. The molecule has 196 valence electrons. The van der Waals surface area contributed by atoms with Crippen LogP contribution in [-0.4, -0.2) is 32.1 Å². The quantitative estimate of drug-likeness (QED) is 0.307. The molecule has 14 heteroatoms. The first-order valence-electron chi connectivity index (χ1n) is 10.4. The van der Waals surface area contributed by atoms with Gasteiger partial charge in [0.2, 0.25) is 0 Å². The van der Waals surface area contributed by atoms with Gasteiger partial charge in [-0.25, -0.2) is 26.4 Å². The standard InChI is InChI=1S/C18H13F6N3O2.C4H8O2S/c1-7-12-4-9(20)5-13(21)15(12)29-14(7)16(18(22,23)24)27-17(28)26-11-3-8(19)2-10(25)6-11;5-7(6)3-1-2-4-7/h2-6,16H,25H2,1H3,(H2,26,27,28);1-4H2. The summed E-state index contributed by atoms with van der Waals surface area (Å²) in [6.45, 7) is 1.17. The number of hydrogen-bond donors (Lipinski definition) is 3. The zero-order valence-corrected chi connectivity index (χ0v) is 19.5. The number of nitrogens with one attached hydrogen (secondary N) is 2. The summed E-state index contributed by atoms with van der Waals surface area (Å²) in [5.41, 5.74) is 4.40. The molecule has 2 amide bonds. The molecular formula is C22H21F6N3O4S. The fourth-order valence-electron chi connectivity index (χ4n) is 3.56. The zero-order chi connectivity index (χ0) is 26.8. The van der Waals surface area contributed by atoms with Crippen molar-refractivity contribution < 1.29 is 44.0 Å². The van der Waals surface area contributed by atoms with Gasteiger partial charge in [0, 0.05) is 28.4 Å². The lowest BCUT2D eigenvalue weighted by Gasteiger charge is -2.21. The Morgan fingerprint density at radius 3 is 2.17 bits per heavy atom. The third kappa shape index (κ3) is 6.62. The van der Waals surface area contributed by atoms with Crippen LogP contribution in [0.25, 0.3) is 11.0 Å². The number of carbonyl (C=O) groups is 1. The van der Waals surface area contributed by atoms with E-state index in [1.165, 1.54) is 6.92 Å². The summed E-state index contributed by atoms with van der Waals surface area (Å²) < 4.78 is 107. The number of aryl methyl sites for hydroxylation is 1. The van der Waals surface area contributed by atoms with E-state index in [-0.39, 0.29) is 22.3 Å². The summed E-state index contributed by atoms with van der Waals surface area (Å²) in [6.07, 6.45) is -3.28. The number of carbonyl (C=O) groups excluding carboxylic acids is 1. The van der Waals surface area contributed by atoms with Crippen molar-refractivity contribution in [1.29, 1.82) is 0 Å². The molecule has 1 saturated heterocycles. The van der Waals surface area contributed by atoms with Crippen molar-refractivity contribution in [3.8, 4) is 0 Å². The predicted molar refractivity (Wildman–Crippen MR) is 121 cm³/mol. The molecule has 0 saturated carbocycles. The first-order valence-corrected chi connectivity index (χ1v) is 12.3. The van der Waals surface area contributed by atoms with Gasteiger partial charge in [-0.2, -0.15) is 13.2 Å². The van der Waals surface area contributed by atoms with Crippen LogP contribution in [0.1, 0.15) is 30.2 Å². The highest BCUT2D eigenvalue weighted by molar-refractivity contribution is 7.91. The summed E-state index contributed by atoms with van der Waals surface area (Å²) >= 11 is 0. The Bertz CT molecular complexity index is 1360. The first-order chi connectivity index (χ1) is 16.7. The van der Waals surface area contributed by atoms with Gasteiger partial charge >= 0.3 is 12.2 Å². The van der Waals surface area contributed by atoms with Crippen molar-refractivity contribution in [2.75, 3.05) is 22.6 Å². The van der Waals surface area contributed by atoms with Crippen LogP contribution in [-0.2, 0) is 9.84 Å². The smallest absolute Gasteiger partial charge is 0.416 e. The molecular weight excluding hydrogens is 516 g/mol. The highest BCUT2D eigenvalue weighted by Gasteiger charge is 2.45. The van der Waals surface area contributed by atoms with Crippen molar-refractivity contribution >= 4 is 38.2 Å².